The lowest BCUT2D eigenvalue weighted by molar-refractivity contribution is 0.0745. The second-order valence-corrected chi connectivity index (χ2v) is 5.92. The largest absolute Gasteiger partial charge is 0.377 e. The number of carbonyl (C=O) groups excluding carboxylic acids is 1. The highest BCUT2D eigenvalue weighted by Gasteiger charge is 2.16. The van der Waals surface area contributed by atoms with E-state index in [0.29, 0.717) is 0 Å². The number of nitrogens with two attached hydrogens (primary N) is 1. The van der Waals surface area contributed by atoms with Gasteiger partial charge in [-0.2, -0.15) is 0 Å². The molecule has 0 atom stereocenters. The highest BCUT2D eigenvalue weighted by Crippen LogP contribution is 2.13. The minimum atomic E-state index is -3.98. The molecule has 0 saturated heterocycles. The number of halogens is 1. The maximum Gasteiger partial charge on any atom is 0.254 e. The lowest BCUT2D eigenvalue weighted by Gasteiger charge is -2.09. The maximum atomic E-state index is 13.5. The van der Waals surface area contributed by atoms with Gasteiger partial charge >= 0.3 is 0 Å². The quantitative estimate of drug-likeness (QED) is 0.753. The second kappa shape index (κ2) is 6.78. The van der Waals surface area contributed by atoms with Gasteiger partial charge in [0.1, 0.15) is 5.82 Å². The summed E-state index contributed by atoms with van der Waals surface area (Å²) in [7, 11) is -3.98. The number of hydrogen-bond acceptors (Lipinski definition) is 4. The molecule has 1 aromatic carbocycles. The van der Waals surface area contributed by atoms with E-state index in [4.69, 9.17) is 9.88 Å². The van der Waals surface area contributed by atoms with E-state index in [1.807, 2.05) is 13.8 Å². The highest BCUT2D eigenvalue weighted by molar-refractivity contribution is 7.89. The van der Waals surface area contributed by atoms with Gasteiger partial charge in [-0.1, -0.05) is 0 Å². The summed E-state index contributed by atoms with van der Waals surface area (Å²) in [5.41, 5.74) is -0.374. The molecule has 1 amide bonds. The van der Waals surface area contributed by atoms with E-state index in [1.54, 1.807) is 0 Å². The van der Waals surface area contributed by atoms with Crippen molar-refractivity contribution in [3.05, 3.63) is 29.6 Å². The van der Waals surface area contributed by atoms with Gasteiger partial charge in [0.15, 0.2) is 0 Å². The average molecular weight is 304 g/mol. The fraction of sp³-hybridized carbons (Fsp3) is 0.417. The molecule has 1 rings (SSSR count). The third-order valence-corrected chi connectivity index (χ3v) is 3.26. The summed E-state index contributed by atoms with van der Waals surface area (Å²) >= 11 is 0. The predicted molar refractivity (Wildman–Crippen MR) is 71.2 cm³/mol. The molecule has 0 radical (unpaired) electrons. The van der Waals surface area contributed by atoms with Crippen LogP contribution < -0.4 is 10.5 Å². The smallest absolute Gasteiger partial charge is 0.254 e. The van der Waals surface area contributed by atoms with Crippen LogP contribution in [0.15, 0.2) is 23.1 Å². The zero-order chi connectivity index (χ0) is 15.3. The fourth-order valence-electron chi connectivity index (χ4n) is 1.41. The van der Waals surface area contributed by atoms with Crippen LogP contribution in [0.3, 0.4) is 0 Å². The molecule has 0 saturated carbocycles. The molecule has 0 spiro atoms. The average Bonchev–Trinajstić information content (AvgIpc) is 2.33. The van der Waals surface area contributed by atoms with E-state index >= 15 is 0 Å². The van der Waals surface area contributed by atoms with E-state index in [1.165, 1.54) is 0 Å². The fourth-order valence-corrected chi connectivity index (χ4v) is 1.95. The zero-order valence-corrected chi connectivity index (χ0v) is 12.0. The van der Waals surface area contributed by atoms with Crippen molar-refractivity contribution < 1.29 is 22.3 Å². The Kier molecular flexibility index (Phi) is 5.61. The second-order valence-electron chi connectivity index (χ2n) is 4.36. The summed E-state index contributed by atoms with van der Waals surface area (Å²) in [6.45, 7) is 4.16. The third kappa shape index (κ3) is 4.87. The Labute approximate surface area is 117 Å². The van der Waals surface area contributed by atoms with Crippen molar-refractivity contribution in [1.29, 1.82) is 0 Å². The van der Waals surface area contributed by atoms with Gasteiger partial charge < -0.3 is 10.1 Å². The van der Waals surface area contributed by atoms with Crippen molar-refractivity contribution in [2.24, 2.45) is 5.14 Å². The van der Waals surface area contributed by atoms with Crippen molar-refractivity contribution in [1.82, 2.24) is 5.32 Å². The number of nitrogens with one attached hydrogen (secondary N) is 1. The summed E-state index contributed by atoms with van der Waals surface area (Å²) in [6, 6.07) is 2.80. The molecule has 0 fully saturated rings. The molecule has 1 aromatic rings. The number of ether oxygens (including phenoxy) is 1. The summed E-state index contributed by atoms with van der Waals surface area (Å²) in [5.74, 6) is -1.54. The predicted octanol–water partition coefficient (Wildman–Crippen LogP) is 0.628. The van der Waals surface area contributed by atoms with Gasteiger partial charge in [0.25, 0.3) is 5.91 Å². The van der Waals surface area contributed by atoms with Crippen LogP contribution in [0.25, 0.3) is 0 Å². The Balaban J connectivity index is 2.77. The number of primary sulfonamides is 1. The van der Waals surface area contributed by atoms with Gasteiger partial charge in [-0.25, -0.2) is 17.9 Å². The van der Waals surface area contributed by atoms with Crippen LogP contribution in [0, 0.1) is 5.82 Å². The van der Waals surface area contributed by atoms with Gasteiger partial charge in [-0.05, 0) is 32.0 Å². The number of rotatable bonds is 6. The van der Waals surface area contributed by atoms with Crippen molar-refractivity contribution in [3.8, 4) is 0 Å². The van der Waals surface area contributed by atoms with Crippen LogP contribution in [0.1, 0.15) is 24.2 Å². The van der Waals surface area contributed by atoms with Crippen LogP contribution in [0.2, 0.25) is 0 Å². The van der Waals surface area contributed by atoms with Gasteiger partial charge in [-0.15, -0.1) is 0 Å². The molecule has 0 aromatic heterocycles. The normalized spacial score (nSPS) is 11.7. The van der Waals surface area contributed by atoms with Crippen LogP contribution in [0.5, 0.6) is 0 Å². The van der Waals surface area contributed by atoms with Crippen LogP contribution in [-0.2, 0) is 14.8 Å². The molecule has 3 N–H and O–H groups in total. The Morgan fingerprint density at radius 2 is 2.10 bits per heavy atom. The lowest BCUT2D eigenvalue weighted by atomic mass is 10.2. The Bertz CT molecular complexity index is 587. The first-order valence-corrected chi connectivity index (χ1v) is 7.48. The van der Waals surface area contributed by atoms with Crippen LogP contribution >= 0.6 is 0 Å². The zero-order valence-electron chi connectivity index (χ0n) is 11.2. The molecular formula is C12H17FN2O4S. The number of benzene rings is 1. The minimum Gasteiger partial charge on any atom is -0.377 e. The number of amides is 1. The Morgan fingerprint density at radius 3 is 2.65 bits per heavy atom. The number of hydrogen-bond donors (Lipinski definition) is 2. The molecule has 112 valence electrons. The van der Waals surface area contributed by atoms with Gasteiger partial charge in [-0.3, -0.25) is 4.79 Å². The molecule has 20 heavy (non-hydrogen) atoms. The monoisotopic (exact) mass is 304 g/mol. The third-order valence-electron chi connectivity index (χ3n) is 2.35. The van der Waals surface area contributed by atoms with E-state index in [9.17, 15) is 17.6 Å². The molecule has 0 aliphatic heterocycles. The summed E-state index contributed by atoms with van der Waals surface area (Å²) < 4.78 is 41.0. The van der Waals surface area contributed by atoms with E-state index in [2.05, 4.69) is 5.32 Å². The van der Waals surface area contributed by atoms with Crippen LogP contribution in [0.4, 0.5) is 4.39 Å². The molecule has 0 unspecified atom stereocenters. The topological polar surface area (TPSA) is 98.5 Å². The molecule has 8 heteroatoms. The molecule has 0 heterocycles. The first-order chi connectivity index (χ1) is 9.21. The van der Waals surface area contributed by atoms with E-state index in [0.717, 1.165) is 18.2 Å². The summed E-state index contributed by atoms with van der Waals surface area (Å²) in [6.07, 6.45) is 0.0225. The molecule has 0 bridgehead atoms. The standard InChI is InChI=1S/C12H17FN2O4S/c1-8(2)19-6-5-15-12(16)10-7-9(20(14,17)18)3-4-11(10)13/h3-4,7-8H,5-6H2,1-2H3,(H,15,16)(H2,14,17,18). The Morgan fingerprint density at radius 1 is 1.45 bits per heavy atom. The van der Waals surface area contributed by atoms with Gasteiger partial charge in [0.05, 0.1) is 23.2 Å². The lowest BCUT2D eigenvalue weighted by Crippen LogP contribution is -2.29. The molecule has 0 aliphatic carbocycles. The van der Waals surface area contributed by atoms with Gasteiger partial charge in [0.2, 0.25) is 10.0 Å². The van der Waals surface area contributed by atoms with Crippen molar-refractivity contribution in [3.63, 3.8) is 0 Å². The van der Waals surface area contributed by atoms with E-state index in [-0.39, 0.29) is 29.7 Å². The molecule has 0 aliphatic rings. The van der Waals surface area contributed by atoms with E-state index < -0.39 is 21.7 Å². The minimum absolute atomic E-state index is 0.0225. The molecule has 6 nitrogen and oxygen atoms in total. The maximum absolute atomic E-state index is 13.5. The first-order valence-electron chi connectivity index (χ1n) is 5.94. The van der Waals surface area contributed by atoms with Crippen molar-refractivity contribution >= 4 is 15.9 Å². The molecular weight excluding hydrogens is 287 g/mol. The number of carbonyl (C=O) groups is 1. The highest BCUT2D eigenvalue weighted by atomic mass is 32.2. The summed E-state index contributed by atoms with van der Waals surface area (Å²) in [5, 5.41) is 7.36. The SMILES string of the molecule is CC(C)OCCNC(=O)c1cc(S(N)(=O)=O)ccc1F. The Hall–Kier alpha value is -1.51. The number of sulfonamides is 1. The first kappa shape index (κ1) is 16.5. The van der Waals surface area contributed by atoms with Crippen LogP contribution in [-0.4, -0.2) is 33.6 Å². The summed E-state index contributed by atoms with van der Waals surface area (Å²) in [4.78, 5) is 11.4. The van der Waals surface area contributed by atoms with Crippen molar-refractivity contribution in [2.75, 3.05) is 13.2 Å². The van der Waals surface area contributed by atoms with Gasteiger partial charge in [0, 0.05) is 6.54 Å². The van der Waals surface area contributed by atoms with Crippen molar-refractivity contribution in [2.45, 2.75) is 24.8 Å².